The van der Waals surface area contributed by atoms with E-state index in [-0.39, 0.29) is 30.9 Å². The number of urea groups is 1. The Bertz CT molecular complexity index is 1300. The molecule has 0 saturated carbocycles. The van der Waals surface area contributed by atoms with Crippen LogP contribution in [0.2, 0.25) is 0 Å². The van der Waals surface area contributed by atoms with Gasteiger partial charge in [-0.25, -0.2) is 14.8 Å². The Hall–Kier alpha value is -4.37. The van der Waals surface area contributed by atoms with Crippen molar-refractivity contribution < 1.29 is 19.1 Å². The van der Waals surface area contributed by atoms with Gasteiger partial charge in [-0.3, -0.25) is 9.59 Å². The van der Waals surface area contributed by atoms with Crippen LogP contribution < -0.4 is 10.1 Å². The minimum absolute atomic E-state index is 0.00686. The van der Waals surface area contributed by atoms with Crippen molar-refractivity contribution in [3.63, 3.8) is 0 Å². The van der Waals surface area contributed by atoms with Crippen LogP contribution in [0.25, 0.3) is 0 Å². The number of ether oxygens (including phenoxy) is 1. The van der Waals surface area contributed by atoms with E-state index in [1.165, 1.54) is 0 Å². The number of amides is 4. The van der Waals surface area contributed by atoms with Gasteiger partial charge in [-0.05, 0) is 35.2 Å². The summed E-state index contributed by atoms with van der Waals surface area (Å²) in [5.74, 6) is 0.418. The first-order chi connectivity index (χ1) is 19.0. The van der Waals surface area contributed by atoms with E-state index >= 15 is 0 Å². The lowest BCUT2D eigenvalue weighted by Crippen LogP contribution is -2.73. The summed E-state index contributed by atoms with van der Waals surface area (Å²) in [4.78, 5) is 44.2. The van der Waals surface area contributed by atoms with Crippen LogP contribution in [0.4, 0.5) is 4.79 Å². The predicted octanol–water partition coefficient (Wildman–Crippen LogP) is 3.05. The molecule has 5 rings (SSSR count). The van der Waals surface area contributed by atoms with Gasteiger partial charge in [0.2, 0.25) is 11.8 Å². The topological polar surface area (TPSA) is 85.4 Å². The first-order valence-corrected chi connectivity index (χ1v) is 13.1. The Morgan fingerprint density at radius 1 is 0.923 bits per heavy atom. The number of fused-ring (bicyclic) bond motifs is 1. The number of benzene rings is 3. The maximum Gasteiger partial charge on any atom is 0.334 e. The normalized spacial score (nSPS) is 19.6. The maximum atomic E-state index is 13.9. The lowest BCUT2D eigenvalue weighted by atomic mass is 9.98. The molecule has 2 fully saturated rings. The summed E-state index contributed by atoms with van der Waals surface area (Å²) in [6.45, 7) is 1.01. The quantitative estimate of drug-likeness (QED) is 0.511. The molecule has 202 valence electrons. The van der Waals surface area contributed by atoms with Crippen LogP contribution in [0.1, 0.15) is 22.7 Å². The number of hydrogen-bond donors (Lipinski definition) is 1. The molecule has 39 heavy (non-hydrogen) atoms. The zero-order chi connectivity index (χ0) is 27.4. The van der Waals surface area contributed by atoms with Crippen molar-refractivity contribution >= 4 is 17.8 Å². The largest absolute Gasteiger partial charge is 0.497 e. The van der Waals surface area contributed by atoms with Crippen molar-refractivity contribution in [2.45, 2.75) is 25.2 Å². The smallest absolute Gasteiger partial charge is 0.334 e. The molecule has 3 aromatic carbocycles. The van der Waals surface area contributed by atoms with Gasteiger partial charge in [0, 0.05) is 20.1 Å². The molecule has 0 unspecified atom stereocenters. The number of methoxy groups -OCH3 is 1. The van der Waals surface area contributed by atoms with E-state index in [9.17, 15) is 14.4 Å². The fraction of sp³-hybridized carbons (Fsp3) is 0.300. The van der Waals surface area contributed by atoms with Crippen molar-refractivity contribution in [2.24, 2.45) is 0 Å². The van der Waals surface area contributed by atoms with Gasteiger partial charge in [-0.15, -0.1) is 0 Å². The van der Waals surface area contributed by atoms with E-state index in [2.05, 4.69) is 5.32 Å². The third-order valence-corrected chi connectivity index (χ3v) is 7.27. The number of hydrogen-bond acceptors (Lipinski definition) is 5. The highest BCUT2D eigenvalue weighted by Gasteiger charge is 2.51. The lowest BCUT2D eigenvalue weighted by Gasteiger charge is -2.54. The van der Waals surface area contributed by atoms with Gasteiger partial charge in [0.1, 0.15) is 18.0 Å². The van der Waals surface area contributed by atoms with Crippen molar-refractivity contribution in [3.8, 4) is 5.75 Å². The maximum absolute atomic E-state index is 13.9. The van der Waals surface area contributed by atoms with Gasteiger partial charge in [0.25, 0.3) is 0 Å². The third kappa shape index (κ3) is 5.58. The molecular weight excluding hydrogens is 494 g/mol. The summed E-state index contributed by atoms with van der Waals surface area (Å²) in [5.41, 5.74) is 2.77. The zero-order valence-corrected chi connectivity index (χ0v) is 22.2. The molecule has 3 aromatic rings. The number of carbonyl (C=O) groups is 3. The number of piperazine rings is 1. The van der Waals surface area contributed by atoms with E-state index in [1.54, 1.807) is 34.0 Å². The van der Waals surface area contributed by atoms with Crippen LogP contribution in [0.15, 0.2) is 84.9 Å². The Balaban J connectivity index is 1.41. The Labute approximate surface area is 228 Å². The average molecular weight is 528 g/mol. The van der Waals surface area contributed by atoms with E-state index < -0.39 is 12.2 Å². The second-order valence-electron chi connectivity index (χ2n) is 9.78. The Kier molecular flexibility index (Phi) is 7.79. The van der Waals surface area contributed by atoms with Crippen LogP contribution in [0.3, 0.4) is 0 Å². The summed E-state index contributed by atoms with van der Waals surface area (Å²) >= 11 is 0. The fourth-order valence-electron chi connectivity index (χ4n) is 5.27. The van der Waals surface area contributed by atoms with Gasteiger partial charge in [-0.1, -0.05) is 72.8 Å². The minimum atomic E-state index is -0.807. The van der Waals surface area contributed by atoms with Gasteiger partial charge in [0.05, 0.1) is 20.2 Å². The first-order valence-electron chi connectivity index (χ1n) is 13.1. The number of likely N-dealkylation sites (N-methyl/N-ethyl adjacent to an activating group) is 1. The van der Waals surface area contributed by atoms with Crippen molar-refractivity contribution in [3.05, 3.63) is 102 Å². The average Bonchev–Trinajstić information content (AvgIpc) is 2.96. The molecule has 9 nitrogen and oxygen atoms in total. The molecule has 2 aliphatic rings. The van der Waals surface area contributed by atoms with Crippen LogP contribution in [-0.4, -0.2) is 77.6 Å². The van der Waals surface area contributed by atoms with Crippen LogP contribution in [0.5, 0.6) is 5.75 Å². The van der Waals surface area contributed by atoms with Crippen molar-refractivity contribution in [1.29, 1.82) is 0 Å². The van der Waals surface area contributed by atoms with Crippen LogP contribution in [-0.2, 0) is 22.6 Å². The second-order valence-corrected chi connectivity index (χ2v) is 9.78. The molecule has 0 spiro atoms. The molecule has 0 aliphatic carbocycles. The summed E-state index contributed by atoms with van der Waals surface area (Å²) in [7, 11) is 3.33. The highest BCUT2D eigenvalue weighted by molar-refractivity contribution is 5.92. The fourth-order valence-corrected chi connectivity index (χ4v) is 5.27. The Morgan fingerprint density at radius 3 is 2.26 bits per heavy atom. The van der Waals surface area contributed by atoms with E-state index in [0.29, 0.717) is 19.5 Å². The molecule has 2 saturated heterocycles. The van der Waals surface area contributed by atoms with Gasteiger partial charge >= 0.3 is 6.03 Å². The number of carbonyl (C=O) groups excluding carboxylic acids is 3. The van der Waals surface area contributed by atoms with E-state index in [0.717, 1.165) is 22.4 Å². The molecule has 0 radical (unpaired) electrons. The van der Waals surface area contributed by atoms with Crippen molar-refractivity contribution in [1.82, 2.24) is 25.1 Å². The van der Waals surface area contributed by atoms with E-state index in [1.807, 2.05) is 84.9 Å². The van der Waals surface area contributed by atoms with Crippen molar-refractivity contribution in [2.75, 3.05) is 33.8 Å². The predicted molar refractivity (Wildman–Crippen MR) is 146 cm³/mol. The molecule has 9 heteroatoms. The lowest BCUT2D eigenvalue weighted by molar-refractivity contribution is -0.187. The van der Waals surface area contributed by atoms with Gasteiger partial charge < -0.3 is 19.9 Å². The molecule has 0 aromatic heterocycles. The number of nitrogens with one attached hydrogen (secondary N) is 1. The molecule has 4 amide bonds. The second kappa shape index (κ2) is 11.6. The van der Waals surface area contributed by atoms with E-state index in [4.69, 9.17) is 4.74 Å². The van der Waals surface area contributed by atoms with Gasteiger partial charge in [-0.2, -0.15) is 0 Å². The van der Waals surface area contributed by atoms with Gasteiger partial charge in [0.15, 0.2) is 0 Å². The number of hydrazine groups is 1. The third-order valence-electron chi connectivity index (χ3n) is 7.27. The molecule has 2 atom stereocenters. The monoisotopic (exact) mass is 527 g/mol. The van der Waals surface area contributed by atoms with Crippen LogP contribution in [0, 0.1) is 0 Å². The number of nitrogens with zero attached hydrogens (tertiary/aromatic N) is 4. The zero-order valence-electron chi connectivity index (χ0n) is 22.2. The Morgan fingerprint density at radius 2 is 1.59 bits per heavy atom. The molecule has 2 aliphatic heterocycles. The number of rotatable bonds is 7. The standard InChI is InChI=1S/C30H33N5O4/c1-32-21-27(36)34-26(35(32)30(38)31-19-23-13-15-25(39-2)16-14-23)20-33(18-17-22-9-5-3-6-10-22)29(37)28(34)24-11-7-4-8-12-24/h3-16,26,28H,17-21H2,1-2H3,(H,31,38)/t26-,28-/m0/s1. The molecular formula is C30H33N5O4. The summed E-state index contributed by atoms with van der Waals surface area (Å²) in [5, 5.41) is 6.20. The molecule has 1 N–H and O–H groups in total. The SMILES string of the molecule is COc1ccc(CNC(=O)N2[C@H]3CN(CCc4ccccc4)C(=O)[C@H](c4ccccc4)N3C(=O)CN2C)cc1. The first kappa shape index (κ1) is 26.2. The van der Waals surface area contributed by atoms with Crippen LogP contribution >= 0.6 is 0 Å². The highest BCUT2D eigenvalue weighted by atomic mass is 16.5. The summed E-state index contributed by atoms with van der Waals surface area (Å²) in [6, 6.07) is 25.6. The highest BCUT2D eigenvalue weighted by Crippen LogP contribution is 2.34. The summed E-state index contributed by atoms with van der Waals surface area (Å²) < 4.78 is 5.21. The summed E-state index contributed by atoms with van der Waals surface area (Å²) in [6.07, 6.45) is 0.0275. The molecule has 0 bridgehead atoms. The minimum Gasteiger partial charge on any atom is -0.497 e. The molecule has 2 heterocycles.